The van der Waals surface area contributed by atoms with E-state index in [2.05, 4.69) is 10.6 Å². The summed E-state index contributed by atoms with van der Waals surface area (Å²) in [6, 6.07) is 11.9. The quantitative estimate of drug-likeness (QED) is 0.562. The summed E-state index contributed by atoms with van der Waals surface area (Å²) in [7, 11) is 1.50. The highest BCUT2D eigenvalue weighted by molar-refractivity contribution is 6.10. The van der Waals surface area contributed by atoms with Gasteiger partial charge in [0.05, 0.1) is 24.3 Å². The number of halogens is 3. The Labute approximate surface area is 202 Å². The van der Waals surface area contributed by atoms with Gasteiger partial charge >= 0.3 is 6.18 Å². The molecule has 2 aromatic rings. The molecule has 1 aliphatic heterocycles. The van der Waals surface area contributed by atoms with Crippen LogP contribution in [-0.4, -0.2) is 18.8 Å². The van der Waals surface area contributed by atoms with Gasteiger partial charge in [0, 0.05) is 34.5 Å². The van der Waals surface area contributed by atoms with Crippen molar-refractivity contribution >= 4 is 17.4 Å². The van der Waals surface area contributed by atoms with Crippen LogP contribution in [0.5, 0.6) is 5.75 Å². The number of alkyl halides is 3. The van der Waals surface area contributed by atoms with Gasteiger partial charge in [-0.25, -0.2) is 0 Å². The first-order valence-corrected chi connectivity index (χ1v) is 11.3. The van der Waals surface area contributed by atoms with E-state index < -0.39 is 23.6 Å². The highest BCUT2D eigenvalue weighted by Crippen LogP contribution is 2.48. The maximum absolute atomic E-state index is 13.6. The molecule has 1 heterocycles. The Hall–Kier alpha value is -3.55. The lowest BCUT2D eigenvalue weighted by Crippen LogP contribution is -2.39. The van der Waals surface area contributed by atoms with Crippen LogP contribution in [0, 0.1) is 5.41 Å². The number of benzene rings is 2. The second-order valence-electron chi connectivity index (χ2n) is 9.67. The molecule has 5 nitrogen and oxygen atoms in total. The summed E-state index contributed by atoms with van der Waals surface area (Å²) in [5.74, 6) is -1.12. The van der Waals surface area contributed by atoms with E-state index in [1.165, 1.54) is 25.3 Å². The summed E-state index contributed by atoms with van der Waals surface area (Å²) >= 11 is 0. The minimum absolute atomic E-state index is 0.104. The molecule has 0 radical (unpaired) electrons. The second-order valence-corrected chi connectivity index (χ2v) is 9.67. The minimum Gasteiger partial charge on any atom is -0.496 e. The van der Waals surface area contributed by atoms with Crippen molar-refractivity contribution in [1.29, 1.82) is 0 Å². The van der Waals surface area contributed by atoms with Crippen molar-refractivity contribution in [3.8, 4) is 5.75 Å². The molecule has 0 aromatic heterocycles. The number of nitrogens with one attached hydrogen (secondary N) is 2. The summed E-state index contributed by atoms with van der Waals surface area (Å²) in [4.78, 5) is 27.0. The van der Waals surface area contributed by atoms with Crippen molar-refractivity contribution in [2.24, 2.45) is 5.41 Å². The SMILES string of the molecule is COc1ccccc1[C@H]1C(C(=O)Nc2ccccc2C(F)(F)F)=C(C)NC2=C1C(=O)CC(C)(C)C2. The van der Waals surface area contributed by atoms with Crippen molar-refractivity contribution in [1.82, 2.24) is 5.32 Å². The Morgan fingerprint density at radius 3 is 2.43 bits per heavy atom. The molecule has 8 heteroatoms. The maximum atomic E-state index is 13.6. The first-order chi connectivity index (χ1) is 16.4. The molecule has 1 amide bonds. The van der Waals surface area contributed by atoms with E-state index in [9.17, 15) is 22.8 Å². The Kier molecular flexibility index (Phi) is 6.25. The van der Waals surface area contributed by atoms with Crippen LogP contribution in [0.4, 0.5) is 18.9 Å². The molecule has 184 valence electrons. The number of ketones is 1. The number of methoxy groups -OCH3 is 1. The van der Waals surface area contributed by atoms with Gasteiger partial charge in [-0.3, -0.25) is 9.59 Å². The van der Waals surface area contributed by atoms with E-state index in [0.717, 1.165) is 11.8 Å². The molecule has 0 saturated carbocycles. The zero-order valence-corrected chi connectivity index (χ0v) is 20.0. The zero-order chi connectivity index (χ0) is 25.5. The van der Waals surface area contributed by atoms with Crippen molar-refractivity contribution in [3.05, 3.63) is 82.2 Å². The van der Waals surface area contributed by atoms with E-state index in [-0.39, 0.29) is 22.5 Å². The number of hydrogen-bond acceptors (Lipinski definition) is 4. The van der Waals surface area contributed by atoms with E-state index >= 15 is 0 Å². The number of rotatable bonds is 4. The molecule has 0 spiro atoms. The summed E-state index contributed by atoms with van der Waals surface area (Å²) < 4.78 is 46.2. The molecule has 2 N–H and O–H groups in total. The highest BCUT2D eigenvalue weighted by Gasteiger charge is 2.44. The maximum Gasteiger partial charge on any atom is 0.418 e. The van der Waals surface area contributed by atoms with E-state index in [1.807, 2.05) is 13.8 Å². The number of allylic oxidation sites excluding steroid dienone is 3. The monoisotopic (exact) mass is 484 g/mol. The number of ether oxygens (including phenoxy) is 1. The van der Waals surface area contributed by atoms with E-state index in [1.54, 1.807) is 31.2 Å². The van der Waals surface area contributed by atoms with Gasteiger partial charge in [0.1, 0.15) is 5.75 Å². The average molecular weight is 485 g/mol. The third-order valence-electron chi connectivity index (χ3n) is 6.41. The fraction of sp³-hybridized carbons (Fsp3) is 0.333. The van der Waals surface area contributed by atoms with E-state index in [0.29, 0.717) is 35.4 Å². The molecule has 2 aromatic carbocycles. The molecular weight excluding hydrogens is 457 g/mol. The standard InChI is InChI=1S/C27H27F3N2O3/c1-15-22(25(34)32-18-11-7-6-10-17(18)27(28,29)30)23(16-9-5-8-12-21(16)35-4)24-19(31-15)13-26(2,3)14-20(24)33/h5-12,23,31H,13-14H2,1-4H3,(H,32,34)/t23-/m0/s1. The Balaban J connectivity index is 1.85. The number of para-hydroxylation sites is 2. The van der Waals surface area contributed by atoms with Crippen molar-refractivity contribution in [2.45, 2.75) is 45.7 Å². The van der Waals surface area contributed by atoms with Gasteiger partial charge in [-0.05, 0) is 37.0 Å². The normalized spacial score (nSPS) is 19.7. The number of carbonyl (C=O) groups is 2. The number of anilines is 1. The number of hydrogen-bond donors (Lipinski definition) is 2. The Bertz CT molecular complexity index is 1260. The summed E-state index contributed by atoms with van der Waals surface area (Å²) in [5, 5.41) is 5.67. The summed E-state index contributed by atoms with van der Waals surface area (Å²) in [6.07, 6.45) is -3.74. The first kappa shape index (κ1) is 24.6. The minimum atomic E-state index is -4.64. The number of carbonyl (C=O) groups excluding carboxylic acids is 2. The molecule has 0 saturated heterocycles. The third-order valence-corrected chi connectivity index (χ3v) is 6.41. The topological polar surface area (TPSA) is 67.4 Å². The Morgan fingerprint density at radius 2 is 1.74 bits per heavy atom. The highest BCUT2D eigenvalue weighted by atomic mass is 19.4. The molecule has 1 atom stereocenters. The fourth-order valence-electron chi connectivity index (χ4n) is 4.98. The molecule has 0 bridgehead atoms. The number of amides is 1. The van der Waals surface area contributed by atoms with Gasteiger partial charge < -0.3 is 15.4 Å². The van der Waals surface area contributed by atoms with Crippen LogP contribution in [0.2, 0.25) is 0 Å². The number of dihydropyridines is 1. The van der Waals surface area contributed by atoms with Gasteiger partial charge in [0.2, 0.25) is 0 Å². The average Bonchev–Trinajstić information content (AvgIpc) is 2.76. The molecule has 0 unspecified atom stereocenters. The van der Waals surface area contributed by atoms with Crippen molar-refractivity contribution in [2.75, 3.05) is 12.4 Å². The molecule has 35 heavy (non-hydrogen) atoms. The molecule has 1 aliphatic carbocycles. The lowest BCUT2D eigenvalue weighted by molar-refractivity contribution is -0.137. The predicted octanol–water partition coefficient (Wildman–Crippen LogP) is 5.96. The van der Waals surface area contributed by atoms with Crippen LogP contribution >= 0.6 is 0 Å². The van der Waals surface area contributed by atoms with Gasteiger partial charge in [-0.15, -0.1) is 0 Å². The third kappa shape index (κ3) is 4.70. The van der Waals surface area contributed by atoms with Crippen LogP contribution in [-0.2, 0) is 15.8 Å². The molecule has 2 aliphatic rings. The molecular formula is C27H27F3N2O3. The Morgan fingerprint density at radius 1 is 1.09 bits per heavy atom. The fourth-order valence-corrected chi connectivity index (χ4v) is 4.98. The summed E-state index contributed by atoms with van der Waals surface area (Å²) in [6.45, 7) is 5.70. The van der Waals surface area contributed by atoms with Gasteiger partial charge in [-0.1, -0.05) is 44.2 Å². The molecule has 4 rings (SSSR count). The van der Waals surface area contributed by atoms with Gasteiger partial charge in [-0.2, -0.15) is 13.2 Å². The molecule has 0 fully saturated rings. The second kappa shape index (κ2) is 8.91. The van der Waals surface area contributed by atoms with Crippen LogP contribution in [0.1, 0.15) is 50.7 Å². The first-order valence-electron chi connectivity index (χ1n) is 11.3. The van der Waals surface area contributed by atoms with Gasteiger partial charge in [0.25, 0.3) is 5.91 Å². The van der Waals surface area contributed by atoms with Crippen LogP contribution in [0.25, 0.3) is 0 Å². The van der Waals surface area contributed by atoms with E-state index in [4.69, 9.17) is 4.74 Å². The zero-order valence-electron chi connectivity index (χ0n) is 20.0. The largest absolute Gasteiger partial charge is 0.496 e. The predicted molar refractivity (Wildman–Crippen MR) is 127 cm³/mol. The van der Waals surface area contributed by atoms with Crippen molar-refractivity contribution < 1.29 is 27.5 Å². The van der Waals surface area contributed by atoms with Crippen molar-refractivity contribution in [3.63, 3.8) is 0 Å². The van der Waals surface area contributed by atoms with Gasteiger partial charge in [0.15, 0.2) is 5.78 Å². The number of Topliss-reactive ketones (excluding diaryl/α,β-unsaturated/α-hetero) is 1. The lowest BCUT2D eigenvalue weighted by Gasteiger charge is -2.40. The van der Waals surface area contributed by atoms with Crippen LogP contribution in [0.15, 0.2) is 71.1 Å². The van der Waals surface area contributed by atoms with Crippen LogP contribution < -0.4 is 15.4 Å². The smallest absolute Gasteiger partial charge is 0.418 e. The van der Waals surface area contributed by atoms with Crippen LogP contribution in [0.3, 0.4) is 0 Å². The lowest BCUT2D eigenvalue weighted by atomic mass is 9.68. The summed E-state index contributed by atoms with van der Waals surface area (Å²) in [5.41, 5.74) is 0.885.